The smallest absolute Gasteiger partial charge is 0.310 e. The molecule has 0 aliphatic carbocycles. The monoisotopic (exact) mass is 360 g/mol. The fraction of sp³-hybridized carbons (Fsp3) is 0.667. The normalized spacial score (nSPS) is 24.7. The minimum absolute atomic E-state index is 0.580. The van der Waals surface area contributed by atoms with E-state index in [2.05, 4.69) is 28.0 Å². The lowest BCUT2D eigenvalue weighted by Crippen LogP contribution is -2.47. The van der Waals surface area contributed by atoms with Crippen LogP contribution in [-0.2, 0) is 17.9 Å². The summed E-state index contributed by atoms with van der Waals surface area (Å²) in [7, 11) is 1.73. The molecule has 1 aromatic carbocycles. The van der Waals surface area contributed by atoms with Gasteiger partial charge >= 0.3 is 5.97 Å². The molecule has 0 bridgehead atoms. The lowest BCUT2D eigenvalue weighted by atomic mass is 9.77. The highest BCUT2D eigenvalue weighted by Gasteiger charge is 2.40. The Labute approximate surface area is 156 Å². The molecule has 1 N–H and O–H groups in total. The summed E-state index contributed by atoms with van der Waals surface area (Å²) in [6.45, 7) is 7.69. The van der Waals surface area contributed by atoms with Gasteiger partial charge in [0.25, 0.3) is 0 Å². The van der Waals surface area contributed by atoms with Crippen LogP contribution >= 0.6 is 0 Å². The minimum atomic E-state index is -0.644. The second-order valence-corrected chi connectivity index (χ2v) is 7.88. The van der Waals surface area contributed by atoms with Gasteiger partial charge in [0.15, 0.2) is 0 Å². The van der Waals surface area contributed by atoms with Crippen molar-refractivity contribution in [2.24, 2.45) is 5.41 Å². The summed E-state index contributed by atoms with van der Waals surface area (Å²) < 4.78 is 5.56. The summed E-state index contributed by atoms with van der Waals surface area (Å²) in [6.07, 6.45) is 5.00. The molecule has 0 unspecified atom stereocenters. The van der Waals surface area contributed by atoms with Gasteiger partial charge in [0.05, 0.1) is 12.5 Å². The molecule has 0 aromatic heterocycles. The predicted octanol–water partition coefficient (Wildman–Crippen LogP) is 3.37. The molecular weight excluding hydrogens is 328 g/mol. The van der Waals surface area contributed by atoms with Crippen molar-refractivity contribution in [2.75, 3.05) is 33.3 Å². The van der Waals surface area contributed by atoms with Crippen molar-refractivity contribution in [1.29, 1.82) is 0 Å². The Morgan fingerprint density at radius 2 is 1.88 bits per heavy atom. The maximum atomic E-state index is 11.8. The van der Waals surface area contributed by atoms with Gasteiger partial charge in [0.2, 0.25) is 0 Å². The van der Waals surface area contributed by atoms with Crippen LogP contribution in [-0.4, -0.2) is 54.2 Å². The highest BCUT2D eigenvalue weighted by atomic mass is 16.5. The van der Waals surface area contributed by atoms with E-state index in [0.717, 1.165) is 51.3 Å². The average molecular weight is 360 g/mol. The Morgan fingerprint density at radius 1 is 1.15 bits per heavy atom. The molecule has 5 heteroatoms. The van der Waals surface area contributed by atoms with E-state index in [-0.39, 0.29) is 0 Å². The van der Waals surface area contributed by atoms with Crippen molar-refractivity contribution >= 4 is 5.97 Å². The number of rotatable bonds is 7. The Kier molecular flexibility index (Phi) is 6.20. The molecule has 26 heavy (non-hydrogen) atoms. The molecule has 2 aliphatic heterocycles. The molecule has 5 nitrogen and oxygen atoms in total. The molecule has 2 aliphatic rings. The predicted molar refractivity (Wildman–Crippen MR) is 102 cm³/mol. The number of piperidine rings is 1. The van der Waals surface area contributed by atoms with Crippen LogP contribution in [0, 0.1) is 5.41 Å². The SMILES string of the molecule is CC[C@@]1(C(=O)O)CCCN(Cc2ccc(OC)c(CN3CCCC3)c2)C1. The fourth-order valence-corrected chi connectivity index (χ4v) is 4.47. The summed E-state index contributed by atoms with van der Waals surface area (Å²) in [4.78, 5) is 16.6. The number of hydrogen-bond donors (Lipinski definition) is 1. The van der Waals surface area contributed by atoms with E-state index >= 15 is 0 Å². The van der Waals surface area contributed by atoms with Crippen LogP contribution in [0.15, 0.2) is 18.2 Å². The number of nitrogens with zero attached hydrogens (tertiary/aromatic N) is 2. The van der Waals surface area contributed by atoms with Gasteiger partial charge in [-0.1, -0.05) is 13.0 Å². The summed E-state index contributed by atoms with van der Waals surface area (Å²) in [5.41, 5.74) is 1.91. The van der Waals surface area contributed by atoms with Crippen molar-refractivity contribution in [3.05, 3.63) is 29.3 Å². The highest BCUT2D eigenvalue weighted by molar-refractivity contribution is 5.75. The van der Waals surface area contributed by atoms with Crippen LogP contribution < -0.4 is 4.74 Å². The number of hydrogen-bond acceptors (Lipinski definition) is 4. The number of carboxylic acid groups (broad SMARTS) is 1. The zero-order valence-corrected chi connectivity index (χ0v) is 16.2. The number of carbonyl (C=O) groups is 1. The van der Waals surface area contributed by atoms with Crippen molar-refractivity contribution in [2.45, 2.75) is 52.1 Å². The fourth-order valence-electron chi connectivity index (χ4n) is 4.47. The molecule has 0 spiro atoms. The number of likely N-dealkylation sites (tertiary alicyclic amines) is 2. The molecule has 1 aromatic rings. The maximum Gasteiger partial charge on any atom is 0.310 e. The number of ether oxygens (including phenoxy) is 1. The van der Waals surface area contributed by atoms with E-state index in [4.69, 9.17) is 4.74 Å². The first-order valence-electron chi connectivity index (χ1n) is 9.90. The van der Waals surface area contributed by atoms with Gasteiger partial charge in [-0.25, -0.2) is 0 Å². The minimum Gasteiger partial charge on any atom is -0.496 e. The first-order valence-corrected chi connectivity index (χ1v) is 9.90. The second kappa shape index (κ2) is 8.40. The summed E-state index contributed by atoms with van der Waals surface area (Å²) in [5.74, 6) is 0.307. The van der Waals surface area contributed by atoms with Crippen molar-refractivity contribution < 1.29 is 14.6 Å². The molecule has 144 valence electrons. The second-order valence-electron chi connectivity index (χ2n) is 7.88. The van der Waals surface area contributed by atoms with Crippen LogP contribution in [0.25, 0.3) is 0 Å². The third kappa shape index (κ3) is 4.21. The standard InChI is InChI=1S/C21H32N2O3/c1-3-21(20(24)25)9-6-12-23(16-21)14-17-7-8-19(26-2)18(13-17)15-22-10-4-5-11-22/h7-8,13H,3-6,9-12,14-16H2,1-2H3,(H,24,25)/t21-/m1/s1. The molecule has 2 fully saturated rings. The Morgan fingerprint density at radius 3 is 2.54 bits per heavy atom. The number of carboxylic acids is 1. The van der Waals surface area contributed by atoms with Gasteiger partial charge in [-0.3, -0.25) is 14.6 Å². The van der Waals surface area contributed by atoms with Gasteiger partial charge in [-0.15, -0.1) is 0 Å². The van der Waals surface area contributed by atoms with E-state index < -0.39 is 11.4 Å². The quantitative estimate of drug-likeness (QED) is 0.808. The molecule has 2 saturated heterocycles. The summed E-state index contributed by atoms with van der Waals surface area (Å²) in [6, 6.07) is 6.43. The van der Waals surface area contributed by atoms with Gasteiger partial charge in [-0.05, 0) is 69.4 Å². The maximum absolute atomic E-state index is 11.8. The van der Waals surface area contributed by atoms with Crippen LogP contribution in [0.1, 0.15) is 50.2 Å². The molecular formula is C21H32N2O3. The first kappa shape index (κ1) is 19.2. The highest BCUT2D eigenvalue weighted by Crippen LogP contribution is 2.34. The lowest BCUT2D eigenvalue weighted by molar-refractivity contribution is -0.153. The topological polar surface area (TPSA) is 53.0 Å². The Hall–Kier alpha value is -1.59. The average Bonchev–Trinajstić information content (AvgIpc) is 3.15. The van der Waals surface area contributed by atoms with Crippen molar-refractivity contribution in [3.8, 4) is 5.75 Å². The van der Waals surface area contributed by atoms with E-state index in [1.165, 1.54) is 24.0 Å². The Bertz CT molecular complexity index is 628. The van der Waals surface area contributed by atoms with E-state index in [1.807, 2.05) is 6.92 Å². The van der Waals surface area contributed by atoms with Crippen LogP contribution in [0.4, 0.5) is 0 Å². The van der Waals surface area contributed by atoms with Gasteiger partial charge < -0.3 is 9.84 Å². The molecule has 2 heterocycles. The first-order chi connectivity index (χ1) is 12.6. The van der Waals surface area contributed by atoms with Crippen LogP contribution in [0.2, 0.25) is 0 Å². The number of aliphatic carboxylic acids is 1. The third-order valence-corrected chi connectivity index (χ3v) is 6.13. The molecule has 0 amide bonds. The lowest BCUT2D eigenvalue weighted by Gasteiger charge is -2.39. The molecule has 0 radical (unpaired) electrons. The third-order valence-electron chi connectivity index (χ3n) is 6.13. The zero-order valence-electron chi connectivity index (χ0n) is 16.2. The van der Waals surface area contributed by atoms with Gasteiger partial charge in [-0.2, -0.15) is 0 Å². The van der Waals surface area contributed by atoms with Gasteiger partial charge in [0, 0.05) is 25.2 Å². The van der Waals surface area contributed by atoms with E-state index in [0.29, 0.717) is 13.0 Å². The van der Waals surface area contributed by atoms with Gasteiger partial charge in [0.1, 0.15) is 5.75 Å². The van der Waals surface area contributed by atoms with Crippen molar-refractivity contribution in [3.63, 3.8) is 0 Å². The summed E-state index contributed by atoms with van der Waals surface area (Å²) >= 11 is 0. The van der Waals surface area contributed by atoms with E-state index in [1.54, 1.807) is 7.11 Å². The largest absolute Gasteiger partial charge is 0.496 e. The van der Waals surface area contributed by atoms with Crippen LogP contribution in [0.5, 0.6) is 5.75 Å². The van der Waals surface area contributed by atoms with E-state index in [9.17, 15) is 9.90 Å². The van der Waals surface area contributed by atoms with Crippen LogP contribution in [0.3, 0.4) is 0 Å². The molecule has 0 saturated carbocycles. The number of benzene rings is 1. The number of methoxy groups -OCH3 is 1. The molecule has 1 atom stereocenters. The summed E-state index contributed by atoms with van der Waals surface area (Å²) in [5, 5.41) is 9.70. The zero-order chi connectivity index (χ0) is 18.6. The Balaban J connectivity index is 1.71. The molecule has 3 rings (SSSR count). The van der Waals surface area contributed by atoms with Crippen molar-refractivity contribution in [1.82, 2.24) is 9.80 Å².